The van der Waals surface area contributed by atoms with E-state index >= 15 is 0 Å². The molecule has 2 amide bonds. The van der Waals surface area contributed by atoms with Crippen molar-refractivity contribution < 1.29 is 19.1 Å². The number of likely N-dealkylation sites (tertiary alicyclic amines) is 1. The zero-order valence-electron chi connectivity index (χ0n) is 24.6. The number of benzene rings is 2. The van der Waals surface area contributed by atoms with Gasteiger partial charge in [0.2, 0.25) is 0 Å². The molecule has 7 heteroatoms. The number of hydrogen-bond acceptors (Lipinski definition) is 5. The summed E-state index contributed by atoms with van der Waals surface area (Å²) in [7, 11) is 0. The number of carbonyl (C=O) groups excluding carboxylic acids is 2. The van der Waals surface area contributed by atoms with Crippen molar-refractivity contribution in [3.8, 4) is 0 Å². The summed E-state index contributed by atoms with van der Waals surface area (Å²) in [5.74, 6) is 1.42. The number of nitrogens with zero attached hydrogens (tertiary/aromatic N) is 3. The zero-order valence-corrected chi connectivity index (χ0v) is 24.6. The molecule has 0 aromatic heterocycles. The summed E-state index contributed by atoms with van der Waals surface area (Å²) in [5.41, 5.74) is 2.39. The summed E-state index contributed by atoms with van der Waals surface area (Å²) < 4.78 is 11.5. The van der Waals surface area contributed by atoms with Crippen molar-refractivity contribution in [1.82, 2.24) is 14.7 Å². The van der Waals surface area contributed by atoms with E-state index in [-0.39, 0.29) is 36.4 Å². The summed E-state index contributed by atoms with van der Waals surface area (Å²) in [4.78, 5) is 32.6. The molecule has 7 nitrogen and oxygen atoms in total. The van der Waals surface area contributed by atoms with Crippen LogP contribution in [0.2, 0.25) is 0 Å². The highest BCUT2D eigenvalue weighted by molar-refractivity contribution is 5.71. The number of fused-ring (bicyclic) bond motifs is 1. The van der Waals surface area contributed by atoms with E-state index in [1.54, 1.807) is 0 Å². The van der Waals surface area contributed by atoms with Gasteiger partial charge in [0.1, 0.15) is 12.7 Å². The average molecular weight is 560 g/mol. The highest BCUT2D eigenvalue weighted by Gasteiger charge is 2.53. The molecule has 220 valence electrons. The topological polar surface area (TPSA) is 62.3 Å². The van der Waals surface area contributed by atoms with Gasteiger partial charge in [0.05, 0.1) is 6.04 Å². The predicted octanol–water partition coefficient (Wildman–Crippen LogP) is 6.29. The van der Waals surface area contributed by atoms with E-state index in [2.05, 4.69) is 47.1 Å². The van der Waals surface area contributed by atoms with Gasteiger partial charge in [-0.1, -0.05) is 67.6 Å². The third-order valence-electron chi connectivity index (χ3n) is 10.2. The first-order valence-corrected chi connectivity index (χ1v) is 15.7. The molecular formula is C34H45N3O4. The van der Waals surface area contributed by atoms with Crippen LogP contribution in [0.4, 0.5) is 9.59 Å². The van der Waals surface area contributed by atoms with E-state index in [9.17, 15) is 9.59 Å². The first kappa shape index (κ1) is 28.1. The van der Waals surface area contributed by atoms with Crippen molar-refractivity contribution in [2.24, 2.45) is 11.8 Å². The molecule has 4 fully saturated rings. The summed E-state index contributed by atoms with van der Waals surface area (Å²) in [6, 6.07) is 21.4. The molecule has 0 radical (unpaired) electrons. The van der Waals surface area contributed by atoms with Crippen LogP contribution in [0.25, 0.3) is 0 Å². The van der Waals surface area contributed by atoms with Gasteiger partial charge in [0.25, 0.3) is 0 Å². The first-order valence-electron chi connectivity index (χ1n) is 15.7. The summed E-state index contributed by atoms with van der Waals surface area (Å²) in [6.07, 6.45) is 5.85. The van der Waals surface area contributed by atoms with Gasteiger partial charge in [-0.05, 0) is 74.3 Å². The van der Waals surface area contributed by atoms with E-state index < -0.39 is 0 Å². The Morgan fingerprint density at radius 1 is 0.976 bits per heavy atom. The number of piperidine rings is 1. The molecule has 2 aliphatic carbocycles. The van der Waals surface area contributed by atoms with E-state index in [1.807, 2.05) is 42.2 Å². The Morgan fingerprint density at radius 3 is 2.39 bits per heavy atom. The molecular weight excluding hydrogens is 514 g/mol. The second-order valence-electron chi connectivity index (χ2n) is 12.6. The van der Waals surface area contributed by atoms with Crippen LogP contribution in [0.1, 0.15) is 69.4 Å². The van der Waals surface area contributed by atoms with Crippen LogP contribution >= 0.6 is 0 Å². The van der Waals surface area contributed by atoms with Crippen LogP contribution in [0.15, 0.2) is 60.7 Å². The van der Waals surface area contributed by atoms with Crippen LogP contribution in [-0.4, -0.2) is 77.3 Å². The van der Waals surface area contributed by atoms with Crippen molar-refractivity contribution >= 4 is 12.2 Å². The van der Waals surface area contributed by atoms with E-state index in [4.69, 9.17) is 9.47 Å². The fraction of sp³-hybridized carbons (Fsp3) is 0.588. The van der Waals surface area contributed by atoms with Crippen LogP contribution in [-0.2, 0) is 16.1 Å². The Labute approximate surface area is 244 Å². The molecule has 2 saturated carbocycles. The fourth-order valence-electron chi connectivity index (χ4n) is 8.14. The van der Waals surface area contributed by atoms with Crippen molar-refractivity contribution in [1.29, 1.82) is 0 Å². The molecule has 0 bridgehead atoms. The lowest BCUT2D eigenvalue weighted by Gasteiger charge is -2.39. The smallest absolute Gasteiger partial charge is 0.410 e. The maximum Gasteiger partial charge on any atom is 0.410 e. The largest absolute Gasteiger partial charge is 0.445 e. The molecule has 2 heterocycles. The molecule has 41 heavy (non-hydrogen) atoms. The Bertz CT molecular complexity index is 1170. The van der Waals surface area contributed by atoms with E-state index in [1.165, 1.54) is 5.56 Å². The molecule has 6 rings (SSSR count). The normalized spacial score (nSPS) is 30.3. The number of ether oxygens (including phenoxy) is 2. The monoisotopic (exact) mass is 559 g/mol. The van der Waals surface area contributed by atoms with Crippen molar-refractivity contribution in [2.45, 2.75) is 89.1 Å². The molecule has 0 N–H and O–H groups in total. The van der Waals surface area contributed by atoms with Gasteiger partial charge in [-0.2, -0.15) is 0 Å². The standard InChI is InChI=1S/C34H45N3O4/c1-3-36(33(38)40-23-25-10-6-4-7-11-25)28-16-18-35(19-17-28)22-27-20-29(21-30(27)26-12-8-5-9-13-26)37-32-24(2)14-15-31(32)41-34(37)39/h4-13,24,27-32H,3,14-23H2,1-2H3. The third-order valence-corrected chi connectivity index (χ3v) is 10.2. The molecule has 2 saturated heterocycles. The minimum atomic E-state index is -0.213. The average Bonchev–Trinajstić information content (AvgIpc) is 3.67. The Morgan fingerprint density at radius 2 is 1.68 bits per heavy atom. The molecule has 2 aromatic rings. The van der Waals surface area contributed by atoms with Crippen LogP contribution in [0, 0.1) is 11.8 Å². The Balaban J connectivity index is 1.08. The molecule has 2 aromatic carbocycles. The Kier molecular flexibility index (Phi) is 8.52. The maximum absolute atomic E-state index is 13.0. The van der Waals surface area contributed by atoms with Gasteiger partial charge >= 0.3 is 12.2 Å². The number of amides is 2. The lowest BCUT2D eigenvalue weighted by atomic mass is 9.88. The molecule has 2 aliphatic heterocycles. The van der Waals surface area contributed by atoms with Crippen LogP contribution < -0.4 is 0 Å². The highest BCUT2D eigenvalue weighted by Crippen LogP contribution is 2.47. The third kappa shape index (κ3) is 5.97. The summed E-state index contributed by atoms with van der Waals surface area (Å²) in [6.45, 7) is 8.27. The molecule has 6 unspecified atom stereocenters. The fourth-order valence-corrected chi connectivity index (χ4v) is 8.14. The minimum absolute atomic E-state index is 0.0756. The lowest BCUT2D eigenvalue weighted by Crippen LogP contribution is -2.48. The van der Waals surface area contributed by atoms with Crippen molar-refractivity contribution in [2.75, 3.05) is 26.2 Å². The number of rotatable bonds is 8. The number of carbonyl (C=O) groups is 2. The van der Waals surface area contributed by atoms with Crippen molar-refractivity contribution in [3.63, 3.8) is 0 Å². The molecule has 4 aliphatic rings. The second-order valence-corrected chi connectivity index (χ2v) is 12.6. The van der Waals surface area contributed by atoms with E-state index in [0.717, 1.165) is 63.7 Å². The maximum atomic E-state index is 13.0. The van der Waals surface area contributed by atoms with Crippen LogP contribution in [0.3, 0.4) is 0 Å². The second kappa shape index (κ2) is 12.4. The lowest BCUT2D eigenvalue weighted by molar-refractivity contribution is 0.0599. The summed E-state index contributed by atoms with van der Waals surface area (Å²) in [5, 5.41) is 0. The van der Waals surface area contributed by atoms with E-state index in [0.29, 0.717) is 30.9 Å². The van der Waals surface area contributed by atoms with Gasteiger partial charge in [-0.15, -0.1) is 0 Å². The highest BCUT2D eigenvalue weighted by atomic mass is 16.6. The molecule has 0 spiro atoms. The van der Waals surface area contributed by atoms with Gasteiger partial charge in [-0.25, -0.2) is 9.59 Å². The Hall–Kier alpha value is -3.06. The van der Waals surface area contributed by atoms with Gasteiger partial charge < -0.3 is 19.3 Å². The van der Waals surface area contributed by atoms with Gasteiger partial charge in [0, 0.05) is 38.3 Å². The molecule has 6 atom stereocenters. The van der Waals surface area contributed by atoms with Gasteiger partial charge in [0.15, 0.2) is 0 Å². The van der Waals surface area contributed by atoms with Crippen LogP contribution in [0.5, 0.6) is 0 Å². The van der Waals surface area contributed by atoms with Gasteiger partial charge in [-0.3, -0.25) is 4.90 Å². The SMILES string of the molecule is CCN(C(=O)OCc1ccccc1)C1CCN(CC2CC(N3C(=O)OC4CCC(C)C43)CC2c2ccccc2)CC1. The predicted molar refractivity (Wildman–Crippen MR) is 158 cm³/mol. The first-order chi connectivity index (χ1) is 20.0. The van der Waals surface area contributed by atoms with Crippen molar-refractivity contribution in [3.05, 3.63) is 71.8 Å². The summed E-state index contributed by atoms with van der Waals surface area (Å²) >= 11 is 0. The zero-order chi connectivity index (χ0) is 28.3. The minimum Gasteiger partial charge on any atom is -0.445 e. The quantitative estimate of drug-likeness (QED) is 0.380. The number of hydrogen-bond donors (Lipinski definition) is 0.